The van der Waals surface area contributed by atoms with E-state index in [1.54, 1.807) is 11.9 Å². The molecule has 1 aromatic heterocycles. The molecular weight excluding hydrogens is 262 g/mol. The molecule has 0 aliphatic heterocycles. The van der Waals surface area contributed by atoms with Crippen LogP contribution in [0.15, 0.2) is 12.1 Å². The molecule has 8 heteroatoms. The Bertz CT molecular complexity index is 492. The summed E-state index contributed by atoms with van der Waals surface area (Å²) in [5.74, 6) is 0.648. The lowest BCUT2D eigenvalue weighted by Gasteiger charge is -2.21. The molecule has 1 amide bonds. The Labute approximate surface area is 117 Å². The molecule has 0 unspecified atom stereocenters. The summed E-state index contributed by atoms with van der Waals surface area (Å²) < 4.78 is 0. The van der Waals surface area contributed by atoms with Crippen LogP contribution in [0.2, 0.25) is 0 Å². The molecule has 0 atom stereocenters. The molecule has 0 bridgehead atoms. The minimum absolute atomic E-state index is 0.0614. The van der Waals surface area contributed by atoms with Crippen LogP contribution < -0.4 is 15.5 Å². The summed E-state index contributed by atoms with van der Waals surface area (Å²) in [7, 11) is 1.63. The summed E-state index contributed by atoms with van der Waals surface area (Å²) in [5.41, 5.74) is -0.0614. The quantitative estimate of drug-likeness (QED) is 0.571. The van der Waals surface area contributed by atoms with E-state index in [1.807, 2.05) is 13.8 Å². The first-order valence-electron chi connectivity index (χ1n) is 6.37. The molecule has 1 rings (SSSR count). The van der Waals surface area contributed by atoms with Crippen LogP contribution in [0, 0.1) is 10.1 Å². The van der Waals surface area contributed by atoms with Crippen molar-refractivity contribution in [3.8, 4) is 0 Å². The summed E-state index contributed by atoms with van der Waals surface area (Å²) >= 11 is 0. The highest BCUT2D eigenvalue weighted by molar-refractivity contribution is 5.81. The van der Waals surface area contributed by atoms with Gasteiger partial charge in [-0.15, -0.1) is 0 Å². The number of likely N-dealkylation sites (N-methyl/N-ethyl adjacent to an activating group) is 2. The number of hydrogen-bond acceptors (Lipinski definition) is 6. The highest BCUT2D eigenvalue weighted by Crippen LogP contribution is 2.22. The van der Waals surface area contributed by atoms with Crippen LogP contribution in [0.4, 0.5) is 17.3 Å². The van der Waals surface area contributed by atoms with Gasteiger partial charge in [-0.1, -0.05) is 0 Å². The van der Waals surface area contributed by atoms with Crippen LogP contribution >= 0.6 is 0 Å². The van der Waals surface area contributed by atoms with E-state index in [0.717, 1.165) is 0 Å². The number of carbonyl (C=O) groups excluding carboxylic acids is 1. The highest BCUT2D eigenvalue weighted by Gasteiger charge is 2.16. The average Bonchev–Trinajstić information content (AvgIpc) is 2.44. The Balaban J connectivity index is 3.04. The van der Waals surface area contributed by atoms with Crippen LogP contribution in [-0.2, 0) is 4.79 Å². The molecule has 8 nitrogen and oxygen atoms in total. The predicted octanol–water partition coefficient (Wildman–Crippen LogP) is 0.994. The zero-order valence-corrected chi connectivity index (χ0v) is 11.8. The van der Waals surface area contributed by atoms with Crippen LogP contribution in [0.5, 0.6) is 0 Å². The third-order valence-corrected chi connectivity index (χ3v) is 2.68. The predicted molar refractivity (Wildman–Crippen MR) is 77.0 cm³/mol. The van der Waals surface area contributed by atoms with Gasteiger partial charge in [-0.2, -0.15) is 0 Å². The van der Waals surface area contributed by atoms with Gasteiger partial charge < -0.3 is 15.5 Å². The molecule has 0 spiro atoms. The third-order valence-electron chi connectivity index (χ3n) is 2.68. The summed E-state index contributed by atoms with van der Waals surface area (Å²) in [6, 6.07) is 2.72. The summed E-state index contributed by atoms with van der Waals surface area (Å²) in [5, 5.41) is 16.4. The molecule has 110 valence electrons. The molecule has 0 saturated carbocycles. The number of nitrogens with zero attached hydrogens (tertiary/aromatic N) is 3. The van der Waals surface area contributed by atoms with E-state index in [-0.39, 0.29) is 18.1 Å². The van der Waals surface area contributed by atoms with E-state index < -0.39 is 4.92 Å². The van der Waals surface area contributed by atoms with Crippen molar-refractivity contribution >= 4 is 23.2 Å². The number of pyridine rings is 1. The first kappa shape index (κ1) is 15.7. The molecule has 0 fully saturated rings. The van der Waals surface area contributed by atoms with Gasteiger partial charge in [0.25, 0.3) is 5.69 Å². The lowest BCUT2D eigenvalue weighted by molar-refractivity contribution is -0.384. The average molecular weight is 281 g/mol. The SMILES string of the molecule is CCNC(=O)CN(CC)c1cc([N+](=O)[O-])cc(NC)n1. The van der Waals surface area contributed by atoms with Crippen LogP contribution in [0.3, 0.4) is 0 Å². The fraction of sp³-hybridized carbons (Fsp3) is 0.500. The van der Waals surface area contributed by atoms with Gasteiger partial charge in [0.2, 0.25) is 5.91 Å². The molecule has 0 aliphatic carbocycles. The molecule has 2 N–H and O–H groups in total. The Hall–Kier alpha value is -2.38. The molecule has 1 aromatic rings. The van der Waals surface area contributed by atoms with E-state index in [4.69, 9.17) is 0 Å². The van der Waals surface area contributed by atoms with Gasteiger partial charge in [0, 0.05) is 20.1 Å². The minimum Gasteiger partial charge on any atom is -0.373 e. The monoisotopic (exact) mass is 281 g/mol. The van der Waals surface area contributed by atoms with Crippen molar-refractivity contribution in [2.45, 2.75) is 13.8 Å². The number of hydrogen-bond donors (Lipinski definition) is 2. The largest absolute Gasteiger partial charge is 0.373 e. The van der Waals surface area contributed by atoms with E-state index in [9.17, 15) is 14.9 Å². The van der Waals surface area contributed by atoms with Crippen molar-refractivity contribution in [3.63, 3.8) is 0 Å². The second-order valence-electron chi connectivity index (χ2n) is 4.04. The van der Waals surface area contributed by atoms with Crippen molar-refractivity contribution in [2.24, 2.45) is 0 Å². The minimum atomic E-state index is -0.480. The van der Waals surface area contributed by atoms with Crippen molar-refractivity contribution in [1.82, 2.24) is 10.3 Å². The first-order valence-corrected chi connectivity index (χ1v) is 6.37. The fourth-order valence-electron chi connectivity index (χ4n) is 1.68. The van der Waals surface area contributed by atoms with Crippen molar-refractivity contribution in [3.05, 3.63) is 22.2 Å². The van der Waals surface area contributed by atoms with Gasteiger partial charge in [0.15, 0.2) is 0 Å². The van der Waals surface area contributed by atoms with Gasteiger partial charge in [-0.3, -0.25) is 14.9 Å². The Morgan fingerprint density at radius 2 is 2.15 bits per heavy atom. The van der Waals surface area contributed by atoms with E-state index in [1.165, 1.54) is 12.1 Å². The van der Waals surface area contributed by atoms with Gasteiger partial charge >= 0.3 is 0 Å². The lowest BCUT2D eigenvalue weighted by atomic mass is 10.3. The Morgan fingerprint density at radius 1 is 1.45 bits per heavy atom. The van der Waals surface area contributed by atoms with Crippen molar-refractivity contribution < 1.29 is 9.72 Å². The van der Waals surface area contributed by atoms with Gasteiger partial charge in [0.1, 0.15) is 11.6 Å². The van der Waals surface area contributed by atoms with Gasteiger partial charge in [-0.05, 0) is 13.8 Å². The maximum Gasteiger partial charge on any atom is 0.276 e. The number of rotatable bonds is 7. The normalized spacial score (nSPS) is 9.95. The highest BCUT2D eigenvalue weighted by atomic mass is 16.6. The Morgan fingerprint density at radius 3 is 2.65 bits per heavy atom. The molecule has 0 saturated heterocycles. The molecule has 20 heavy (non-hydrogen) atoms. The van der Waals surface area contributed by atoms with E-state index >= 15 is 0 Å². The maximum absolute atomic E-state index is 11.6. The summed E-state index contributed by atoms with van der Waals surface area (Å²) in [6.45, 7) is 4.87. The second kappa shape index (κ2) is 7.27. The van der Waals surface area contributed by atoms with Crippen LogP contribution in [-0.4, -0.2) is 42.5 Å². The lowest BCUT2D eigenvalue weighted by Crippen LogP contribution is -2.37. The molecule has 0 radical (unpaired) electrons. The first-order chi connectivity index (χ1) is 9.51. The maximum atomic E-state index is 11.6. The second-order valence-corrected chi connectivity index (χ2v) is 4.04. The van der Waals surface area contributed by atoms with E-state index in [2.05, 4.69) is 15.6 Å². The van der Waals surface area contributed by atoms with Gasteiger partial charge in [-0.25, -0.2) is 4.98 Å². The van der Waals surface area contributed by atoms with Gasteiger partial charge in [0.05, 0.1) is 23.6 Å². The van der Waals surface area contributed by atoms with E-state index in [0.29, 0.717) is 24.7 Å². The zero-order chi connectivity index (χ0) is 15.1. The van der Waals surface area contributed by atoms with Crippen LogP contribution in [0.1, 0.15) is 13.8 Å². The topological polar surface area (TPSA) is 100 Å². The van der Waals surface area contributed by atoms with Crippen molar-refractivity contribution in [2.75, 3.05) is 36.9 Å². The summed E-state index contributed by atoms with van der Waals surface area (Å²) in [6.07, 6.45) is 0. The smallest absolute Gasteiger partial charge is 0.276 e. The number of amides is 1. The number of nitro groups is 1. The number of anilines is 2. The van der Waals surface area contributed by atoms with Crippen LogP contribution in [0.25, 0.3) is 0 Å². The Kier molecular flexibility index (Phi) is 5.70. The molecule has 1 heterocycles. The number of carbonyl (C=O) groups is 1. The molecule has 0 aliphatic rings. The fourth-order valence-corrected chi connectivity index (χ4v) is 1.68. The molecule has 0 aromatic carbocycles. The number of nitrogens with one attached hydrogen (secondary N) is 2. The molecular formula is C12H19N5O3. The third kappa shape index (κ3) is 4.08. The standard InChI is InChI=1S/C12H19N5O3/c1-4-14-12(18)8-16(5-2)11-7-9(17(19)20)6-10(13-3)15-11/h6-7H,4-5,8H2,1-3H3,(H,13,15)(H,14,18). The number of aromatic nitrogens is 1. The zero-order valence-electron chi connectivity index (χ0n) is 11.8. The van der Waals surface area contributed by atoms with Crippen molar-refractivity contribution in [1.29, 1.82) is 0 Å². The summed E-state index contributed by atoms with van der Waals surface area (Å²) in [4.78, 5) is 28.0.